The maximum Gasteiger partial charge on any atom is 0.302 e. The molecule has 4 aliphatic heterocycles. The number of aliphatic imine (C=N–C) groups is 1. The Labute approximate surface area is 451 Å². The minimum atomic E-state index is -1.93. The molecule has 1 aromatic rings. The van der Waals surface area contributed by atoms with E-state index in [1.165, 1.54) is 70.8 Å². The Balaban J connectivity index is 1.01. The SMILES string of the molecule is CC(=O)O[C@H]1C[C@@H](O)CC[C@@]23C#C[C@H]4C[C@@H]5C#C[C@@H](CNC[C@]6(C5)C[C@@H](CCN6)Oc5cc(c(C(O)O)cc5O)C[C@@H]14)SSC[C@]1(C[C@]45CCC[C@@H]4C=C4CC[C@H]6CC[C@H]7CC[C@H]5[C@H]4[C@@]671)NC(N)=N[C@@H]2C=CC[C@@H]3O. The van der Waals surface area contributed by atoms with Crippen LogP contribution in [0.15, 0.2) is 40.9 Å². The number of nitrogens with zero attached hydrogens (tertiary/aromatic N) is 1. The molecule has 0 aromatic heterocycles. The lowest BCUT2D eigenvalue weighted by molar-refractivity contribution is -0.196. The van der Waals surface area contributed by atoms with E-state index in [0.717, 1.165) is 12.2 Å². The molecule has 15 heteroatoms. The molecule has 19 atom stereocenters. The fourth-order valence-electron chi connectivity index (χ4n) is 19.4. The third kappa shape index (κ3) is 8.43. The van der Waals surface area contributed by atoms with Crippen LogP contribution in [0.25, 0.3) is 0 Å². The molecule has 8 aliphatic carbocycles. The summed E-state index contributed by atoms with van der Waals surface area (Å²) in [6.45, 7) is 3.43. The first-order chi connectivity index (χ1) is 36.2. The highest BCUT2D eigenvalue weighted by Crippen LogP contribution is 2.80. The number of benzene rings is 1. The number of hydrogen-bond donors (Lipinski definition) is 9. The summed E-state index contributed by atoms with van der Waals surface area (Å²) < 4.78 is 13.1. The number of nitrogens with one attached hydrogen (secondary N) is 3. The number of piperidine rings is 1. The van der Waals surface area contributed by atoms with Gasteiger partial charge in [0, 0.05) is 72.9 Å². The highest BCUT2D eigenvalue weighted by molar-refractivity contribution is 8.77. The van der Waals surface area contributed by atoms with Crippen LogP contribution in [0.1, 0.15) is 140 Å². The molecule has 4 heterocycles. The lowest BCUT2D eigenvalue weighted by Gasteiger charge is -2.74. The number of guanidine groups is 1. The third-order valence-electron chi connectivity index (χ3n) is 22.0. The Hall–Kier alpha value is -3.38. The summed E-state index contributed by atoms with van der Waals surface area (Å²) in [6.07, 6.45) is 18.3. The zero-order chi connectivity index (χ0) is 51.5. The van der Waals surface area contributed by atoms with E-state index in [1.54, 1.807) is 11.6 Å². The lowest BCUT2D eigenvalue weighted by Crippen LogP contribution is -2.78. The molecule has 1 saturated heterocycles. The van der Waals surface area contributed by atoms with E-state index in [2.05, 4.69) is 51.8 Å². The van der Waals surface area contributed by atoms with Crippen molar-refractivity contribution >= 4 is 33.5 Å². The number of aliphatic hydroxyl groups is 4. The van der Waals surface area contributed by atoms with Crippen molar-refractivity contribution in [2.75, 3.05) is 25.4 Å². The second-order valence-corrected chi connectivity index (χ2v) is 28.3. The van der Waals surface area contributed by atoms with E-state index < -0.39 is 59.4 Å². The molecule has 12 bridgehead atoms. The van der Waals surface area contributed by atoms with Crippen molar-refractivity contribution in [3.63, 3.8) is 0 Å². The Morgan fingerprint density at radius 2 is 1.87 bits per heavy atom. The average molecular weight is 1060 g/mol. The van der Waals surface area contributed by atoms with Gasteiger partial charge in [-0.3, -0.25) is 4.79 Å². The van der Waals surface area contributed by atoms with Crippen LogP contribution in [-0.2, 0) is 16.0 Å². The summed E-state index contributed by atoms with van der Waals surface area (Å²) >= 11 is 0. The number of esters is 1. The number of aromatic hydroxyl groups is 1. The van der Waals surface area contributed by atoms with Gasteiger partial charge in [-0.1, -0.05) is 75.5 Å². The quantitative estimate of drug-likeness (QED) is 0.0505. The number of carbonyl (C=O) groups is 1. The van der Waals surface area contributed by atoms with E-state index in [1.807, 2.05) is 27.7 Å². The van der Waals surface area contributed by atoms with Crippen molar-refractivity contribution in [2.24, 2.45) is 74.3 Å². The van der Waals surface area contributed by atoms with Gasteiger partial charge >= 0.3 is 5.97 Å². The summed E-state index contributed by atoms with van der Waals surface area (Å²) in [5, 5.41) is 70.4. The van der Waals surface area contributed by atoms with E-state index in [0.29, 0.717) is 99.3 Å². The standard InChI is InChI=1S/C60H79N5O8S2/c1-34(66)72-49-26-42(67)16-20-57-19-15-36-22-35-7-13-44(30-62-32-56(28-35)29-43(17-21-63-56)73-50-25-38(24-45(36)49)46(54(70)71)27-48(50)68)75-74-33-59(65-55(61)64-51(57)5-2-6-52(57)69)31-58-18-3-4-41(58)23-37-8-9-39-10-11-40-12-14-47(58)53(37)60(39,40)59/h2,5,23,25,27,35-36,39-45,47,49,51-54,62-63,67-71H,3-4,6,8-12,14,16-18,20-22,24,26,28-33H2,1H3,(H3,61,64,65)/t35-,36-,39-,40-,41+,42-,43+,44-,45+,47-,49-,51+,52-,53-,56-,57-,58+,59-,60+/m0/s1. The van der Waals surface area contributed by atoms with Crippen molar-refractivity contribution in [1.29, 1.82) is 0 Å². The second kappa shape index (κ2) is 19.5. The van der Waals surface area contributed by atoms with Gasteiger partial charge in [0.25, 0.3) is 0 Å². The van der Waals surface area contributed by atoms with E-state index >= 15 is 0 Å². The lowest BCUT2D eigenvalue weighted by atomic mass is 9.32. The molecule has 6 fully saturated rings. The van der Waals surface area contributed by atoms with Crippen LogP contribution in [0.4, 0.5) is 0 Å². The molecule has 5 saturated carbocycles. The maximum atomic E-state index is 13.2. The van der Waals surface area contributed by atoms with Gasteiger partial charge in [-0.15, -0.1) is 0 Å². The molecule has 0 unspecified atom stereocenters. The molecule has 75 heavy (non-hydrogen) atoms. The van der Waals surface area contributed by atoms with E-state index in [9.17, 15) is 30.3 Å². The number of allylic oxidation sites excluding steroid dienone is 2. The number of phenolic OH excluding ortho intramolecular Hbond substituents is 1. The van der Waals surface area contributed by atoms with Gasteiger partial charge in [0.15, 0.2) is 23.7 Å². The summed E-state index contributed by atoms with van der Waals surface area (Å²) in [4.78, 5) is 18.8. The molecule has 0 amide bonds. The Morgan fingerprint density at radius 1 is 1.01 bits per heavy atom. The van der Waals surface area contributed by atoms with Crippen molar-refractivity contribution < 1.29 is 39.8 Å². The monoisotopic (exact) mass is 1060 g/mol. The maximum absolute atomic E-state index is 13.2. The van der Waals surface area contributed by atoms with Crippen molar-refractivity contribution in [1.82, 2.24) is 16.0 Å². The van der Waals surface area contributed by atoms with Crippen molar-refractivity contribution in [3.05, 3.63) is 47.1 Å². The highest BCUT2D eigenvalue weighted by atomic mass is 33.1. The number of ether oxygens (including phenoxy) is 2. The number of nitrogens with two attached hydrogens (primary N) is 1. The Kier molecular flexibility index (Phi) is 13.3. The minimum absolute atomic E-state index is 0.0387. The number of fused-ring (bicyclic) bond motifs is 4. The van der Waals surface area contributed by atoms with Crippen LogP contribution in [0.3, 0.4) is 0 Å². The molecular weight excluding hydrogens is 983 g/mol. The molecule has 12 aliphatic rings. The first-order valence-corrected chi connectivity index (χ1v) is 31.3. The van der Waals surface area contributed by atoms with Crippen molar-refractivity contribution in [3.8, 4) is 35.2 Å². The predicted molar refractivity (Wildman–Crippen MR) is 291 cm³/mol. The molecule has 13 nitrogen and oxygen atoms in total. The van der Waals surface area contributed by atoms with Gasteiger partial charge in [-0.05, 0) is 162 Å². The van der Waals surface area contributed by atoms with E-state index in [4.69, 9.17) is 20.2 Å². The summed E-state index contributed by atoms with van der Waals surface area (Å²) in [5.74, 6) is 18.0. The summed E-state index contributed by atoms with van der Waals surface area (Å²) in [7, 11) is 3.89. The van der Waals surface area contributed by atoms with Crippen LogP contribution >= 0.6 is 21.6 Å². The topological polar surface area (TPSA) is 211 Å². The summed E-state index contributed by atoms with van der Waals surface area (Å²) in [6, 6.07) is 2.44. The number of carbonyl (C=O) groups excluding carboxylic acids is 1. The van der Waals surface area contributed by atoms with Gasteiger partial charge in [0.1, 0.15) is 12.2 Å². The first-order valence-electron chi connectivity index (χ1n) is 28.9. The van der Waals surface area contributed by atoms with Crippen LogP contribution in [0.5, 0.6) is 11.5 Å². The largest absolute Gasteiger partial charge is 0.504 e. The first kappa shape index (κ1) is 51.1. The van der Waals surface area contributed by atoms with Crippen LogP contribution < -0.4 is 26.4 Å². The number of phenols is 1. The van der Waals surface area contributed by atoms with Gasteiger partial charge in [0.05, 0.1) is 34.5 Å². The van der Waals surface area contributed by atoms with Gasteiger partial charge in [0.2, 0.25) is 0 Å². The van der Waals surface area contributed by atoms with Crippen LogP contribution in [0, 0.1) is 87.3 Å². The number of rotatable bonds is 2. The van der Waals surface area contributed by atoms with E-state index in [-0.39, 0.29) is 70.0 Å². The van der Waals surface area contributed by atoms with Gasteiger partial charge < -0.3 is 56.7 Å². The molecule has 5 spiro atoms. The Bertz CT molecular complexity index is 2650. The van der Waals surface area contributed by atoms with Gasteiger partial charge in [-0.2, -0.15) is 0 Å². The minimum Gasteiger partial charge on any atom is -0.504 e. The fourth-order valence-corrected chi connectivity index (χ4v) is 22.2. The van der Waals surface area contributed by atoms with Gasteiger partial charge in [-0.25, -0.2) is 4.99 Å². The fraction of sp³-hybridized carbons (Fsp3) is 0.733. The zero-order valence-corrected chi connectivity index (χ0v) is 45.2. The molecule has 1 aromatic carbocycles. The van der Waals surface area contributed by atoms with Crippen molar-refractivity contribution in [2.45, 2.75) is 182 Å². The van der Waals surface area contributed by atoms with Crippen LogP contribution in [0.2, 0.25) is 0 Å². The average Bonchev–Trinajstić information content (AvgIpc) is 4.00. The molecule has 404 valence electrons. The smallest absolute Gasteiger partial charge is 0.302 e. The highest BCUT2D eigenvalue weighted by Gasteiger charge is 2.77. The molecule has 0 radical (unpaired) electrons. The second-order valence-electron chi connectivity index (χ2n) is 25.7. The van der Waals surface area contributed by atoms with Crippen LogP contribution in [-0.4, -0.2) is 110 Å². The normalized spacial score (nSPS) is 46.4. The summed E-state index contributed by atoms with van der Waals surface area (Å²) in [5.41, 5.74) is 8.32. The Morgan fingerprint density at radius 3 is 2.72 bits per heavy atom. The third-order valence-corrected chi connectivity index (χ3v) is 24.8. The molecule has 13 rings (SSSR count). The number of aliphatic hydroxyl groups excluding tert-OH is 3. The number of hydrogen-bond acceptors (Lipinski definition) is 15. The molecular formula is C60H79N5O8S2. The zero-order valence-electron chi connectivity index (χ0n) is 43.6. The predicted octanol–water partition coefficient (Wildman–Crippen LogP) is 6.56. The molecule has 10 N–H and O–H groups in total.